The molecule has 2 saturated carbocycles. The zero-order chi connectivity index (χ0) is 38.6. The molecule has 2 N–H and O–H groups in total. The van der Waals surface area contributed by atoms with Crippen LogP contribution in [-0.2, 0) is 19.1 Å². The third-order valence-corrected chi connectivity index (χ3v) is 10.4. The van der Waals surface area contributed by atoms with Gasteiger partial charge in [0.25, 0.3) is 5.70 Å². The highest BCUT2D eigenvalue weighted by molar-refractivity contribution is 5.96. The summed E-state index contributed by atoms with van der Waals surface area (Å²) in [4.78, 5) is 35.9. The molecule has 0 bridgehead atoms. The second kappa shape index (κ2) is 15.8. The van der Waals surface area contributed by atoms with E-state index in [9.17, 15) is 29.9 Å². The number of aliphatic hydroxyl groups is 2. The van der Waals surface area contributed by atoms with Gasteiger partial charge in [-0.3, -0.25) is 19.7 Å². The van der Waals surface area contributed by atoms with E-state index < -0.39 is 33.2 Å². The Bertz CT molecular complexity index is 1670. The van der Waals surface area contributed by atoms with Crippen molar-refractivity contribution < 1.29 is 34.2 Å². The number of nitro groups is 1. The first-order valence-electron chi connectivity index (χ1n) is 17.6. The highest BCUT2D eigenvalue weighted by atomic mass is 16.6. The predicted octanol–water partition coefficient (Wildman–Crippen LogP) is 8.30. The van der Waals surface area contributed by atoms with E-state index in [-0.39, 0.29) is 35.4 Å². The number of hydrogen-bond donors (Lipinski definition) is 2. The molecule has 1 heterocycles. The first-order valence-corrected chi connectivity index (χ1v) is 17.6. The number of carbonyl (C=O) groups is 2. The lowest BCUT2D eigenvalue weighted by Crippen LogP contribution is -2.48. The minimum absolute atomic E-state index is 0.0240. The van der Waals surface area contributed by atoms with Crippen molar-refractivity contribution in [1.82, 2.24) is 0 Å². The van der Waals surface area contributed by atoms with Crippen LogP contribution in [0.4, 0.5) is 0 Å². The van der Waals surface area contributed by atoms with Crippen molar-refractivity contribution in [2.24, 2.45) is 10.8 Å². The third kappa shape index (κ3) is 10.4. The van der Waals surface area contributed by atoms with Crippen LogP contribution in [0.2, 0.25) is 0 Å². The van der Waals surface area contributed by atoms with Crippen molar-refractivity contribution in [1.29, 1.82) is 0 Å². The lowest BCUT2D eigenvalue weighted by Gasteiger charge is -2.44. The summed E-state index contributed by atoms with van der Waals surface area (Å²) >= 11 is 0. The van der Waals surface area contributed by atoms with Crippen LogP contribution in [0.25, 0.3) is 0 Å². The van der Waals surface area contributed by atoms with Gasteiger partial charge in [-0.05, 0) is 88.0 Å². The number of carbonyl (C=O) groups excluding carboxylic acids is 2. The molecule has 1 saturated heterocycles. The maximum absolute atomic E-state index is 13.1. The van der Waals surface area contributed by atoms with Gasteiger partial charge in [-0.1, -0.05) is 75.8 Å². The monoisotopic (exact) mass is 703 g/mol. The molecule has 1 aliphatic heterocycles. The van der Waals surface area contributed by atoms with Crippen LogP contribution < -0.4 is 0 Å². The molecular weight excluding hydrogens is 646 g/mol. The standard InChI is InChI=1S/C42H57NO8/c1-28(14-12-15-29(2)19-21-37-38(6,7)25-35(50-32(5)44)26-40(37,10)47)18-20-33(43(48)49)22-30(3)16-13-17-31(4)36(46)27-42-39(8,9)23-34(45)24-41(42,11)51-42/h12-20,22,34-35,45,47H,23-27H2,1-11H3/b14-12+,16-13+,28-18+,29-15+,30-22+,31-17+,33-20-/t21?,34-,35-,40+,41+,42-/m0/s1. The van der Waals surface area contributed by atoms with Gasteiger partial charge in [-0.25, -0.2) is 0 Å². The van der Waals surface area contributed by atoms with E-state index in [4.69, 9.17) is 9.47 Å². The van der Waals surface area contributed by atoms with Gasteiger partial charge in [-0.15, -0.1) is 5.73 Å². The van der Waals surface area contributed by atoms with E-state index >= 15 is 0 Å². The summed E-state index contributed by atoms with van der Waals surface area (Å²) < 4.78 is 11.6. The van der Waals surface area contributed by atoms with E-state index in [1.54, 1.807) is 45.1 Å². The van der Waals surface area contributed by atoms with E-state index in [1.807, 2.05) is 72.8 Å². The molecule has 3 aliphatic rings. The van der Waals surface area contributed by atoms with Crippen LogP contribution >= 0.6 is 0 Å². The Kier molecular flexibility index (Phi) is 12.9. The van der Waals surface area contributed by atoms with Crippen LogP contribution in [0.1, 0.15) is 108 Å². The molecular formula is C42H57NO8. The number of fused-ring (bicyclic) bond motifs is 1. The molecule has 9 heteroatoms. The molecule has 0 aromatic rings. The van der Waals surface area contributed by atoms with Gasteiger partial charge in [0, 0.05) is 43.9 Å². The van der Waals surface area contributed by atoms with Gasteiger partial charge in [0.05, 0.1) is 22.2 Å². The van der Waals surface area contributed by atoms with Crippen molar-refractivity contribution in [3.8, 4) is 0 Å². The molecule has 9 nitrogen and oxygen atoms in total. The fourth-order valence-corrected chi connectivity index (χ4v) is 7.95. The summed E-state index contributed by atoms with van der Waals surface area (Å²) in [5, 5.41) is 33.2. The highest BCUT2D eigenvalue weighted by Crippen LogP contribution is 2.67. The third-order valence-electron chi connectivity index (χ3n) is 10.4. The van der Waals surface area contributed by atoms with Gasteiger partial charge in [0.2, 0.25) is 0 Å². The number of ether oxygens (including phenoxy) is 2. The van der Waals surface area contributed by atoms with E-state index in [0.29, 0.717) is 36.8 Å². The van der Waals surface area contributed by atoms with Crippen molar-refractivity contribution >= 4 is 11.8 Å². The number of rotatable bonds is 12. The van der Waals surface area contributed by atoms with Crippen LogP contribution in [0.3, 0.4) is 0 Å². The van der Waals surface area contributed by atoms with Crippen LogP contribution in [0, 0.1) is 20.9 Å². The maximum atomic E-state index is 13.1. The van der Waals surface area contributed by atoms with Crippen molar-refractivity contribution in [3.05, 3.63) is 110 Å². The number of hydrogen-bond acceptors (Lipinski definition) is 8. The fourth-order valence-electron chi connectivity index (χ4n) is 7.95. The van der Waals surface area contributed by atoms with Crippen molar-refractivity contribution in [2.75, 3.05) is 0 Å². The van der Waals surface area contributed by atoms with Crippen LogP contribution in [0.15, 0.2) is 100 Å². The van der Waals surface area contributed by atoms with E-state index in [1.165, 1.54) is 19.1 Å². The van der Waals surface area contributed by atoms with Crippen LogP contribution in [-0.4, -0.2) is 55.9 Å². The molecule has 0 unspecified atom stereocenters. The smallest absolute Gasteiger partial charge is 0.302 e. The average molecular weight is 704 g/mol. The van der Waals surface area contributed by atoms with Crippen molar-refractivity contribution in [2.45, 2.75) is 137 Å². The number of Topliss-reactive ketones (excluding diaryl/α,β-unsaturated/α-hetero) is 1. The van der Waals surface area contributed by atoms with Gasteiger partial charge in [0.15, 0.2) is 5.78 Å². The highest BCUT2D eigenvalue weighted by Gasteiger charge is 2.76. The Labute approximate surface area is 303 Å². The Balaban J connectivity index is 1.65. The largest absolute Gasteiger partial charge is 0.462 e. The van der Waals surface area contributed by atoms with Gasteiger partial charge in [0.1, 0.15) is 11.7 Å². The van der Waals surface area contributed by atoms with Crippen LogP contribution in [0.5, 0.6) is 0 Å². The van der Waals surface area contributed by atoms with Crippen molar-refractivity contribution in [3.63, 3.8) is 0 Å². The summed E-state index contributed by atoms with van der Waals surface area (Å²) in [6.07, 6.45) is 18.6. The number of esters is 1. The lowest BCUT2D eigenvalue weighted by atomic mass is 9.61. The topological polar surface area (TPSA) is 140 Å². The molecule has 0 radical (unpaired) electrons. The molecule has 278 valence electrons. The minimum atomic E-state index is -1.17. The molecule has 0 aromatic heterocycles. The van der Waals surface area contributed by atoms with E-state index in [0.717, 1.165) is 16.7 Å². The second-order valence-electron chi connectivity index (χ2n) is 16.3. The summed E-state index contributed by atoms with van der Waals surface area (Å²) in [5.74, 6) is -0.383. The summed E-state index contributed by atoms with van der Waals surface area (Å²) in [6.45, 7) is 20.4. The normalized spacial score (nSPS) is 31.3. The number of allylic oxidation sites excluding steroid dienone is 13. The summed E-state index contributed by atoms with van der Waals surface area (Å²) in [5.41, 5.74) is 3.88. The number of ketones is 1. The minimum Gasteiger partial charge on any atom is -0.462 e. The Morgan fingerprint density at radius 3 is 2.12 bits per heavy atom. The van der Waals surface area contributed by atoms with Gasteiger partial charge in [-0.2, -0.15) is 0 Å². The Morgan fingerprint density at radius 2 is 1.53 bits per heavy atom. The molecule has 0 spiro atoms. The Hall–Kier alpha value is -3.88. The van der Waals surface area contributed by atoms with Gasteiger partial charge >= 0.3 is 5.97 Å². The first kappa shape index (κ1) is 41.5. The molecule has 51 heavy (non-hydrogen) atoms. The molecule has 0 aromatic carbocycles. The Morgan fingerprint density at radius 1 is 0.902 bits per heavy atom. The zero-order valence-corrected chi connectivity index (χ0v) is 32.3. The lowest BCUT2D eigenvalue weighted by molar-refractivity contribution is -0.419. The maximum Gasteiger partial charge on any atom is 0.302 e. The summed E-state index contributed by atoms with van der Waals surface area (Å²) in [6, 6.07) is 0. The predicted molar refractivity (Wildman–Crippen MR) is 200 cm³/mol. The molecule has 3 fully saturated rings. The molecule has 5 atom stereocenters. The van der Waals surface area contributed by atoms with E-state index in [2.05, 4.69) is 5.73 Å². The van der Waals surface area contributed by atoms with Gasteiger partial charge < -0.3 is 19.7 Å². The average Bonchev–Trinajstić information content (AvgIpc) is 3.57. The zero-order valence-electron chi connectivity index (χ0n) is 32.3. The quantitative estimate of drug-likeness (QED) is 0.0394. The first-order chi connectivity index (χ1) is 23.4. The molecule has 3 rings (SSSR count). The second-order valence-corrected chi connectivity index (χ2v) is 16.3. The number of aliphatic hydroxyl groups excluding tert-OH is 1. The SMILES string of the molecule is CC(=O)O[C@H]1CC(C)(C)C(=C=C/C(C)=C/C=C/C(C)=C/C=C(/C=C(C)/C=C/C=C(\C)C(=O)C[C@@]23O[C@]2(C)C[C@@H](O)CC3(C)C)[N+](=O)[O-])[C@](C)(O)C1. The summed E-state index contributed by atoms with van der Waals surface area (Å²) in [7, 11) is 0. The number of nitrogens with zero attached hydrogens (tertiary/aromatic N) is 1. The molecule has 0 amide bonds. The number of epoxide rings is 1. The molecule has 2 aliphatic carbocycles. The fraction of sp³-hybridized carbons (Fsp3) is 0.548.